The molecule has 0 aromatic heterocycles. The van der Waals surface area contributed by atoms with E-state index in [-0.39, 0.29) is 15.8 Å². The molecule has 3 aromatic carbocycles. The average molecular weight is 467 g/mol. The van der Waals surface area contributed by atoms with Crippen LogP contribution in [0.3, 0.4) is 0 Å². The van der Waals surface area contributed by atoms with Crippen molar-refractivity contribution in [3.63, 3.8) is 0 Å². The van der Waals surface area contributed by atoms with Crippen LogP contribution in [-0.4, -0.2) is 11.7 Å². The summed E-state index contributed by atoms with van der Waals surface area (Å²) in [4.78, 5) is 0. The third-order valence-corrected chi connectivity index (χ3v) is 5.48. The summed E-state index contributed by atoms with van der Waals surface area (Å²) in [7, 11) is 0. The lowest BCUT2D eigenvalue weighted by atomic mass is 10.1. The molecule has 0 fully saturated rings. The molecule has 3 rings (SSSR count). The van der Waals surface area contributed by atoms with E-state index in [9.17, 15) is 5.11 Å². The lowest BCUT2D eigenvalue weighted by molar-refractivity contribution is 0.268. The van der Waals surface area contributed by atoms with Crippen molar-refractivity contribution in [2.45, 2.75) is 27.0 Å². The molecule has 0 saturated carbocycles. The second-order valence-electron chi connectivity index (χ2n) is 6.68. The quantitative estimate of drug-likeness (QED) is 0.343. The van der Waals surface area contributed by atoms with E-state index < -0.39 is 0 Å². The molecule has 0 heterocycles. The molecule has 0 aliphatic carbocycles. The first-order valence-corrected chi connectivity index (χ1v) is 10.6. The van der Waals surface area contributed by atoms with Gasteiger partial charge in [-0.05, 0) is 48.7 Å². The van der Waals surface area contributed by atoms with E-state index in [0.29, 0.717) is 42.0 Å². The lowest BCUT2D eigenvalue weighted by Crippen LogP contribution is -2.04. The van der Waals surface area contributed by atoms with Crippen LogP contribution in [-0.2, 0) is 13.2 Å². The Morgan fingerprint density at radius 1 is 0.867 bits per heavy atom. The maximum absolute atomic E-state index is 9.69. The van der Waals surface area contributed by atoms with E-state index in [1.807, 2.05) is 44.2 Å². The highest BCUT2D eigenvalue weighted by atomic mass is 35.5. The fourth-order valence-electron chi connectivity index (χ4n) is 2.89. The van der Waals surface area contributed by atoms with E-state index in [4.69, 9.17) is 44.3 Å². The summed E-state index contributed by atoms with van der Waals surface area (Å²) in [6, 6.07) is 14.9. The summed E-state index contributed by atoms with van der Waals surface area (Å²) < 4.78 is 11.8. The minimum absolute atomic E-state index is 0.143. The SMILES string of the molecule is CCOc1cc(CNc2cc(Cl)c(O)c(Cl)c2)c(Cl)cc1OCc1ccccc1C. The van der Waals surface area contributed by atoms with E-state index in [1.165, 1.54) is 0 Å². The number of nitrogens with one attached hydrogen (secondary N) is 1. The smallest absolute Gasteiger partial charge is 0.163 e. The largest absolute Gasteiger partial charge is 0.505 e. The summed E-state index contributed by atoms with van der Waals surface area (Å²) in [5, 5.41) is 13.8. The molecular weight excluding hydrogens is 445 g/mol. The maximum Gasteiger partial charge on any atom is 0.163 e. The Labute approximate surface area is 191 Å². The number of halogens is 3. The molecule has 2 N–H and O–H groups in total. The Kier molecular flexibility index (Phi) is 7.59. The molecule has 0 amide bonds. The number of hydrogen-bond acceptors (Lipinski definition) is 4. The van der Waals surface area contributed by atoms with Crippen molar-refractivity contribution >= 4 is 40.5 Å². The molecular formula is C23H22Cl3NO3. The van der Waals surface area contributed by atoms with Crippen molar-refractivity contribution in [3.05, 3.63) is 80.3 Å². The number of phenolic OH excluding ortho intramolecular Hbond substituents is 1. The van der Waals surface area contributed by atoms with Crippen LogP contribution < -0.4 is 14.8 Å². The summed E-state index contributed by atoms with van der Waals surface area (Å²) in [6.45, 7) is 5.29. The third kappa shape index (κ3) is 5.45. The molecule has 4 nitrogen and oxygen atoms in total. The van der Waals surface area contributed by atoms with Crippen LogP contribution in [0.25, 0.3) is 0 Å². The number of rotatable bonds is 8. The van der Waals surface area contributed by atoms with Crippen LogP contribution in [0, 0.1) is 6.92 Å². The summed E-state index contributed by atoms with van der Waals surface area (Å²) in [5.74, 6) is 1.06. The highest BCUT2D eigenvalue weighted by Crippen LogP contribution is 2.37. The van der Waals surface area contributed by atoms with Crippen LogP contribution in [0.1, 0.15) is 23.6 Å². The van der Waals surface area contributed by atoms with Gasteiger partial charge in [-0.3, -0.25) is 0 Å². The Morgan fingerprint density at radius 2 is 1.53 bits per heavy atom. The molecule has 0 aliphatic rings. The lowest BCUT2D eigenvalue weighted by Gasteiger charge is -2.16. The van der Waals surface area contributed by atoms with Crippen molar-refractivity contribution in [3.8, 4) is 17.2 Å². The normalized spacial score (nSPS) is 10.7. The molecule has 3 aromatic rings. The predicted molar refractivity (Wildman–Crippen MR) is 124 cm³/mol. The summed E-state index contributed by atoms with van der Waals surface area (Å²) in [6.07, 6.45) is 0. The maximum atomic E-state index is 9.69. The molecule has 0 atom stereocenters. The number of aryl methyl sites for hydroxylation is 1. The van der Waals surface area contributed by atoms with E-state index in [2.05, 4.69) is 5.32 Å². The van der Waals surface area contributed by atoms with Crippen molar-refractivity contribution < 1.29 is 14.6 Å². The Hall–Kier alpha value is -2.27. The fraction of sp³-hybridized carbons (Fsp3) is 0.217. The first kappa shape index (κ1) is 22.4. The second-order valence-corrected chi connectivity index (χ2v) is 7.90. The minimum atomic E-state index is -0.143. The van der Waals surface area contributed by atoms with Gasteiger partial charge in [0.05, 0.1) is 16.7 Å². The third-order valence-electron chi connectivity index (χ3n) is 4.56. The summed E-state index contributed by atoms with van der Waals surface area (Å²) >= 11 is 18.5. The van der Waals surface area contributed by atoms with Gasteiger partial charge < -0.3 is 19.9 Å². The van der Waals surface area contributed by atoms with Gasteiger partial charge in [0.1, 0.15) is 6.61 Å². The van der Waals surface area contributed by atoms with Gasteiger partial charge >= 0.3 is 0 Å². The molecule has 158 valence electrons. The van der Waals surface area contributed by atoms with Crippen LogP contribution in [0.4, 0.5) is 5.69 Å². The van der Waals surface area contributed by atoms with E-state index in [0.717, 1.165) is 16.7 Å². The fourth-order valence-corrected chi connectivity index (χ4v) is 3.59. The average Bonchev–Trinajstić information content (AvgIpc) is 2.72. The predicted octanol–water partition coefficient (Wildman–Crippen LogP) is 7.25. The standard InChI is InChI=1S/C23H22Cl3NO3/c1-3-29-21-8-16(12-27-17-9-19(25)23(28)20(26)10-17)18(24)11-22(21)30-13-15-7-5-4-6-14(15)2/h4-11,27-28H,3,12-13H2,1-2H3. The van der Waals surface area contributed by atoms with Crippen molar-refractivity contribution in [1.29, 1.82) is 0 Å². The van der Waals surface area contributed by atoms with Gasteiger partial charge in [-0.1, -0.05) is 59.1 Å². The zero-order valence-corrected chi connectivity index (χ0v) is 18.9. The van der Waals surface area contributed by atoms with Crippen LogP contribution in [0.15, 0.2) is 48.5 Å². The number of ether oxygens (including phenoxy) is 2. The van der Waals surface area contributed by atoms with Crippen LogP contribution in [0.2, 0.25) is 15.1 Å². The highest BCUT2D eigenvalue weighted by molar-refractivity contribution is 6.37. The van der Waals surface area contributed by atoms with Crippen LogP contribution >= 0.6 is 34.8 Å². The highest BCUT2D eigenvalue weighted by Gasteiger charge is 2.13. The zero-order chi connectivity index (χ0) is 21.7. The van der Waals surface area contributed by atoms with Gasteiger partial charge in [-0.25, -0.2) is 0 Å². The van der Waals surface area contributed by atoms with Gasteiger partial charge in [0.2, 0.25) is 0 Å². The second kappa shape index (κ2) is 10.2. The number of aromatic hydroxyl groups is 1. The Bertz CT molecular complexity index is 1020. The molecule has 7 heteroatoms. The Morgan fingerprint density at radius 3 is 2.20 bits per heavy atom. The number of anilines is 1. The van der Waals surface area contributed by atoms with Crippen molar-refractivity contribution in [2.75, 3.05) is 11.9 Å². The van der Waals surface area contributed by atoms with Gasteiger partial charge in [0.15, 0.2) is 17.2 Å². The first-order chi connectivity index (χ1) is 14.4. The first-order valence-electron chi connectivity index (χ1n) is 9.43. The number of phenols is 1. The molecule has 0 unspecified atom stereocenters. The Balaban J connectivity index is 1.78. The topological polar surface area (TPSA) is 50.7 Å². The summed E-state index contributed by atoms with van der Waals surface area (Å²) in [5.41, 5.74) is 3.75. The van der Waals surface area contributed by atoms with Gasteiger partial charge in [0.25, 0.3) is 0 Å². The molecule has 0 saturated heterocycles. The van der Waals surface area contributed by atoms with E-state index in [1.54, 1.807) is 18.2 Å². The van der Waals surface area contributed by atoms with E-state index >= 15 is 0 Å². The number of hydrogen-bond donors (Lipinski definition) is 2. The van der Waals surface area contributed by atoms with Crippen molar-refractivity contribution in [2.24, 2.45) is 0 Å². The monoisotopic (exact) mass is 465 g/mol. The van der Waals surface area contributed by atoms with Gasteiger partial charge in [-0.15, -0.1) is 0 Å². The molecule has 30 heavy (non-hydrogen) atoms. The van der Waals surface area contributed by atoms with Crippen LogP contribution in [0.5, 0.6) is 17.2 Å². The minimum Gasteiger partial charge on any atom is -0.505 e. The van der Waals surface area contributed by atoms with Gasteiger partial charge in [0, 0.05) is 23.3 Å². The molecule has 0 bridgehead atoms. The molecule has 0 spiro atoms. The zero-order valence-electron chi connectivity index (χ0n) is 16.6. The molecule has 0 radical (unpaired) electrons. The number of benzene rings is 3. The van der Waals surface area contributed by atoms with Gasteiger partial charge in [-0.2, -0.15) is 0 Å². The van der Waals surface area contributed by atoms with Crippen molar-refractivity contribution in [1.82, 2.24) is 0 Å². The molecule has 0 aliphatic heterocycles.